The zero-order valence-corrected chi connectivity index (χ0v) is 14.4. The van der Waals surface area contributed by atoms with Crippen molar-refractivity contribution in [3.63, 3.8) is 0 Å². The second kappa shape index (κ2) is 6.34. The summed E-state index contributed by atoms with van der Waals surface area (Å²) in [7, 11) is 0. The Labute approximate surface area is 130 Å². The minimum atomic E-state index is -0.0314. The van der Waals surface area contributed by atoms with Crippen molar-refractivity contribution >= 4 is 5.78 Å². The molecule has 2 aliphatic carbocycles. The lowest BCUT2D eigenvalue weighted by Crippen LogP contribution is -2.30. The fourth-order valence-electron chi connectivity index (χ4n) is 4.06. The SMILES string of the molecule is CC.Cc1ccc(C(C)C)c2c1CC1(CCCCC1)C2=O. The van der Waals surface area contributed by atoms with E-state index < -0.39 is 0 Å². The van der Waals surface area contributed by atoms with Gasteiger partial charge in [-0.3, -0.25) is 4.79 Å². The molecule has 0 amide bonds. The van der Waals surface area contributed by atoms with Crippen LogP contribution in [-0.4, -0.2) is 5.78 Å². The fourth-order valence-corrected chi connectivity index (χ4v) is 4.06. The van der Waals surface area contributed by atoms with E-state index in [0.717, 1.165) is 24.8 Å². The summed E-state index contributed by atoms with van der Waals surface area (Å²) in [4.78, 5) is 13.1. The van der Waals surface area contributed by atoms with Crippen molar-refractivity contribution in [3.05, 3.63) is 34.4 Å². The second-order valence-electron chi connectivity index (χ2n) is 6.83. The monoisotopic (exact) mass is 286 g/mol. The van der Waals surface area contributed by atoms with Crippen LogP contribution < -0.4 is 0 Å². The maximum absolute atomic E-state index is 13.1. The van der Waals surface area contributed by atoms with Gasteiger partial charge < -0.3 is 0 Å². The van der Waals surface area contributed by atoms with Crippen LogP contribution in [0.1, 0.15) is 92.8 Å². The molecule has 0 N–H and O–H groups in total. The quantitative estimate of drug-likeness (QED) is 0.634. The second-order valence-corrected chi connectivity index (χ2v) is 6.83. The lowest BCUT2D eigenvalue weighted by Gasteiger charge is -2.31. The van der Waals surface area contributed by atoms with E-state index in [-0.39, 0.29) is 5.41 Å². The molecule has 1 saturated carbocycles. The van der Waals surface area contributed by atoms with Crippen LogP contribution in [0.15, 0.2) is 12.1 Å². The Kier molecular flexibility index (Phi) is 4.91. The van der Waals surface area contributed by atoms with Crippen molar-refractivity contribution in [2.75, 3.05) is 0 Å². The van der Waals surface area contributed by atoms with Crippen molar-refractivity contribution < 1.29 is 4.79 Å². The van der Waals surface area contributed by atoms with E-state index in [1.807, 2.05) is 13.8 Å². The van der Waals surface area contributed by atoms with Gasteiger partial charge >= 0.3 is 0 Å². The van der Waals surface area contributed by atoms with E-state index in [1.165, 1.54) is 36.0 Å². The molecule has 0 aliphatic heterocycles. The third-order valence-corrected chi connectivity index (χ3v) is 5.24. The molecule has 0 atom stereocenters. The van der Waals surface area contributed by atoms with Crippen molar-refractivity contribution in [2.45, 2.75) is 79.1 Å². The van der Waals surface area contributed by atoms with Crippen LogP contribution in [-0.2, 0) is 6.42 Å². The van der Waals surface area contributed by atoms with E-state index in [4.69, 9.17) is 0 Å². The maximum atomic E-state index is 13.1. The molecular formula is C20H30O. The predicted molar refractivity (Wildman–Crippen MR) is 90.2 cm³/mol. The van der Waals surface area contributed by atoms with Crippen LogP contribution in [0.3, 0.4) is 0 Å². The van der Waals surface area contributed by atoms with Crippen LogP contribution in [0.4, 0.5) is 0 Å². The Bertz CT molecular complexity index is 519. The Morgan fingerprint density at radius 1 is 1.05 bits per heavy atom. The minimum Gasteiger partial charge on any atom is -0.294 e. The number of rotatable bonds is 1. The molecule has 1 spiro atoms. The molecule has 21 heavy (non-hydrogen) atoms. The standard InChI is InChI=1S/C18H24O.C2H6/c1-12(2)14-8-7-13(3)15-11-18(17(19)16(14)15)9-5-4-6-10-18;1-2/h7-8,12H,4-6,9-11H2,1-3H3;1-2H3. The lowest BCUT2D eigenvalue weighted by atomic mass is 9.71. The Morgan fingerprint density at radius 2 is 1.67 bits per heavy atom. The highest BCUT2D eigenvalue weighted by Gasteiger charge is 2.47. The van der Waals surface area contributed by atoms with Gasteiger partial charge in [-0.15, -0.1) is 0 Å². The van der Waals surface area contributed by atoms with Crippen molar-refractivity contribution in [1.82, 2.24) is 0 Å². The molecule has 0 radical (unpaired) electrons. The van der Waals surface area contributed by atoms with Gasteiger partial charge in [0.2, 0.25) is 0 Å². The molecule has 0 saturated heterocycles. The van der Waals surface area contributed by atoms with E-state index >= 15 is 0 Å². The van der Waals surface area contributed by atoms with E-state index in [0.29, 0.717) is 11.7 Å². The molecule has 2 aliphatic rings. The summed E-state index contributed by atoms with van der Waals surface area (Å²) in [6.45, 7) is 10.6. The van der Waals surface area contributed by atoms with Gasteiger partial charge in [-0.05, 0) is 48.8 Å². The normalized spacial score (nSPS) is 19.4. The number of hydrogen-bond acceptors (Lipinski definition) is 1. The number of aryl methyl sites for hydroxylation is 1. The summed E-state index contributed by atoms with van der Waals surface area (Å²) in [5.41, 5.74) is 5.01. The topological polar surface area (TPSA) is 17.1 Å². The lowest BCUT2D eigenvalue weighted by molar-refractivity contribution is 0.0747. The number of hydrogen-bond donors (Lipinski definition) is 0. The molecule has 0 aromatic heterocycles. The van der Waals surface area contributed by atoms with Crippen LogP contribution in [0.5, 0.6) is 0 Å². The first-order valence-corrected chi connectivity index (χ1v) is 8.72. The summed E-state index contributed by atoms with van der Waals surface area (Å²) in [6, 6.07) is 4.39. The highest BCUT2D eigenvalue weighted by molar-refractivity contribution is 6.06. The number of benzene rings is 1. The third-order valence-electron chi connectivity index (χ3n) is 5.24. The molecule has 1 fully saturated rings. The van der Waals surface area contributed by atoms with Crippen molar-refractivity contribution in [2.24, 2.45) is 5.41 Å². The molecule has 3 rings (SSSR count). The van der Waals surface area contributed by atoms with Gasteiger partial charge in [0.15, 0.2) is 5.78 Å². The van der Waals surface area contributed by atoms with E-state index in [9.17, 15) is 4.79 Å². The zero-order chi connectivity index (χ0) is 15.6. The number of fused-ring (bicyclic) bond motifs is 1. The van der Waals surface area contributed by atoms with Crippen LogP contribution in [0, 0.1) is 12.3 Å². The number of ketones is 1. The number of Topliss-reactive ketones (excluding diaryl/α,β-unsaturated/α-hetero) is 1. The molecule has 116 valence electrons. The molecule has 0 unspecified atom stereocenters. The highest BCUT2D eigenvalue weighted by Crippen LogP contribution is 2.49. The fraction of sp³-hybridized carbons (Fsp3) is 0.650. The van der Waals surface area contributed by atoms with Crippen molar-refractivity contribution in [1.29, 1.82) is 0 Å². The third kappa shape index (κ3) is 2.67. The van der Waals surface area contributed by atoms with Gasteiger partial charge in [-0.1, -0.05) is 59.1 Å². The average Bonchev–Trinajstić information content (AvgIpc) is 2.77. The zero-order valence-electron chi connectivity index (χ0n) is 14.4. The molecular weight excluding hydrogens is 256 g/mol. The first kappa shape index (κ1) is 16.3. The van der Waals surface area contributed by atoms with Crippen molar-refractivity contribution in [3.8, 4) is 0 Å². The van der Waals surface area contributed by atoms with Gasteiger partial charge in [0.1, 0.15) is 0 Å². The molecule has 1 aromatic carbocycles. The summed E-state index contributed by atoms with van der Waals surface area (Å²) < 4.78 is 0. The maximum Gasteiger partial charge on any atom is 0.169 e. The molecule has 1 aromatic rings. The van der Waals surface area contributed by atoms with Crippen LogP contribution >= 0.6 is 0 Å². The summed E-state index contributed by atoms with van der Waals surface area (Å²) in [6.07, 6.45) is 7.00. The van der Waals surface area contributed by atoms with Crippen LogP contribution in [0.2, 0.25) is 0 Å². The number of carbonyl (C=O) groups excluding carboxylic acids is 1. The van der Waals surface area contributed by atoms with Gasteiger partial charge in [0, 0.05) is 11.0 Å². The first-order valence-electron chi connectivity index (χ1n) is 8.72. The Hall–Kier alpha value is -1.11. The number of carbonyl (C=O) groups is 1. The Balaban J connectivity index is 0.000000774. The summed E-state index contributed by atoms with van der Waals surface area (Å²) in [5, 5.41) is 0. The van der Waals surface area contributed by atoms with Gasteiger partial charge in [-0.2, -0.15) is 0 Å². The van der Waals surface area contributed by atoms with E-state index in [2.05, 4.69) is 32.9 Å². The molecule has 0 bridgehead atoms. The predicted octanol–water partition coefficient (Wildman–Crippen LogP) is 5.83. The van der Waals surface area contributed by atoms with Gasteiger partial charge in [0.25, 0.3) is 0 Å². The molecule has 0 heterocycles. The minimum absolute atomic E-state index is 0.0314. The molecule has 1 nitrogen and oxygen atoms in total. The smallest absolute Gasteiger partial charge is 0.169 e. The summed E-state index contributed by atoms with van der Waals surface area (Å²) in [5.74, 6) is 0.909. The average molecular weight is 286 g/mol. The van der Waals surface area contributed by atoms with Gasteiger partial charge in [0.05, 0.1) is 0 Å². The first-order chi connectivity index (χ1) is 10.1. The van der Waals surface area contributed by atoms with Crippen LogP contribution in [0.25, 0.3) is 0 Å². The molecule has 1 heteroatoms. The van der Waals surface area contributed by atoms with Gasteiger partial charge in [-0.25, -0.2) is 0 Å². The largest absolute Gasteiger partial charge is 0.294 e. The highest BCUT2D eigenvalue weighted by atomic mass is 16.1. The van der Waals surface area contributed by atoms with E-state index in [1.54, 1.807) is 0 Å². The Morgan fingerprint density at radius 3 is 2.24 bits per heavy atom. The summed E-state index contributed by atoms with van der Waals surface area (Å²) >= 11 is 0.